The lowest BCUT2D eigenvalue weighted by Crippen LogP contribution is -2.58. The molecule has 3 heterocycles. The molecule has 2 bridgehead atoms. The molecule has 0 aromatic rings. The highest BCUT2D eigenvalue weighted by Crippen LogP contribution is 2.41. The van der Waals surface area contributed by atoms with Gasteiger partial charge in [-0.2, -0.15) is 0 Å². The van der Waals surface area contributed by atoms with Gasteiger partial charge in [0, 0.05) is 18.5 Å². The fourth-order valence-electron chi connectivity index (χ4n) is 2.98. The van der Waals surface area contributed by atoms with E-state index in [0.29, 0.717) is 18.1 Å². The molecule has 0 radical (unpaired) electrons. The zero-order chi connectivity index (χ0) is 8.13. The lowest BCUT2D eigenvalue weighted by atomic mass is 9.71. The van der Waals surface area contributed by atoms with Crippen LogP contribution >= 0.6 is 0 Å². The molecule has 0 aromatic carbocycles. The van der Waals surface area contributed by atoms with Crippen molar-refractivity contribution in [2.45, 2.75) is 25.0 Å². The van der Waals surface area contributed by atoms with Crippen molar-refractivity contribution in [3.8, 4) is 0 Å². The molecule has 0 N–H and O–H groups in total. The normalized spacial score (nSPS) is 50.8. The van der Waals surface area contributed by atoms with E-state index in [1.165, 1.54) is 19.4 Å². The third-order valence-corrected chi connectivity index (χ3v) is 3.64. The first-order valence-electron chi connectivity index (χ1n) is 4.76. The highest BCUT2D eigenvalue weighted by Gasteiger charge is 2.49. The van der Waals surface area contributed by atoms with E-state index in [0.717, 1.165) is 5.92 Å². The van der Waals surface area contributed by atoms with Crippen LogP contribution < -0.4 is 0 Å². The van der Waals surface area contributed by atoms with E-state index >= 15 is 0 Å². The first kappa shape index (κ1) is 6.89. The van der Waals surface area contributed by atoms with Crippen molar-refractivity contribution in [1.29, 1.82) is 0 Å². The Labute approximate surface area is 72.4 Å². The summed E-state index contributed by atoms with van der Waals surface area (Å²) >= 11 is 0. The molecular formula is C9H14N2O. The molecule has 3 aliphatic heterocycles. The van der Waals surface area contributed by atoms with Crippen molar-refractivity contribution in [2.24, 2.45) is 17.0 Å². The summed E-state index contributed by atoms with van der Waals surface area (Å²) in [7, 11) is 2.20. The average molecular weight is 166 g/mol. The maximum absolute atomic E-state index is 5.39. The van der Waals surface area contributed by atoms with Gasteiger partial charge in [-0.05, 0) is 25.8 Å². The van der Waals surface area contributed by atoms with Gasteiger partial charge in [-0.15, -0.1) is 0 Å². The maximum atomic E-state index is 5.39. The van der Waals surface area contributed by atoms with E-state index in [4.69, 9.17) is 4.84 Å². The Kier molecular flexibility index (Phi) is 1.28. The molecule has 3 nitrogen and oxygen atoms in total. The van der Waals surface area contributed by atoms with Gasteiger partial charge in [-0.1, -0.05) is 5.16 Å². The smallest absolute Gasteiger partial charge is 0.151 e. The van der Waals surface area contributed by atoms with Gasteiger partial charge in [0.2, 0.25) is 0 Å². The Morgan fingerprint density at radius 2 is 2.42 bits per heavy atom. The molecule has 1 saturated carbocycles. The predicted octanol–water partition coefficient (Wildman–Crippen LogP) is 0.711. The third-order valence-electron chi connectivity index (χ3n) is 3.64. The van der Waals surface area contributed by atoms with Crippen LogP contribution in [0.1, 0.15) is 12.8 Å². The third kappa shape index (κ3) is 0.724. The van der Waals surface area contributed by atoms with E-state index in [1.54, 1.807) is 0 Å². The largest absolute Gasteiger partial charge is 0.390 e. The summed E-state index contributed by atoms with van der Waals surface area (Å²) in [5.74, 6) is 1.43. The minimum Gasteiger partial charge on any atom is -0.390 e. The fourth-order valence-corrected chi connectivity index (χ4v) is 2.98. The van der Waals surface area contributed by atoms with Crippen LogP contribution in [0, 0.1) is 11.8 Å². The van der Waals surface area contributed by atoms with Crippen LogP contribution in [0.4, 0.5) is 0 Å². The number of hydrogen-bond donors (Lipinski definition) is 0. The number of piperidine rings is 2. The van der Waals surface area contributed by atoms with Crippen LogP contribution in [0.25, 0.3) is 0 Å². The van der Waals surface area contributed by atoms with Crippen LogP contribution in [0.3, 0.4) is 0 Å². The summed E-state index contributed by atoms with van der Waals surface area (Å²) in [4.78, 5) is 7.82. The van der Waals surface area contributed by atoms with Crippen molar-refractivity contribution in [2.75, 3.05) is 13.6 Å². The number of nitrogens with zero attached hydrogens (tertiary/aromatic N) is 2. The molecule has 1 aliphatic carbocycles. The van der Waals surface area contributed by atoms with Crippen molar-refractivity contribution in [3.63, 3.8) is 0 Å². The number of oxime groups is 1. The summed E-state index contributed by atoms with van der Waals surface area (Å²) < 4.78 is 0. The lowest BCUT2D eigenvalue weighted by Gasteiger charge is -2.48. The predicted molar refractivity (Wildman–Crippen MR) is 46.0 cm³/mol. The SMILES string of the molecule is CN1C[C@@H]2CC[C@H]1[C@@H]1ON=C[C@H]21. The Bertz CT molecular complexity index is 229. The van der Waals surface area contributed by atoms with Gasteiger partial charge in [0.15, 0.2) is 6.10 Å². The zero-order valence-electron chi connectivity index (χ0n) is 7.31. The summed E-state index contributed by atoms with van der Waals surface area (Å²) in [6, 6.07) is 0.627. The minimum absolute atomic E-state index is 0.377. The molecule has 2 saturated heterocycles. The molecule has 4 aliphatic rings. The minimum atomic E-state index is 0.377. The number of fused-ring (bicyclic) bond motifs is 2. The van der Waals surface area contributed by atoms with Gasteiger partial charge in [0.1, 0.15) is 0 Å². The molecule has 0 amide bonds. The Hall–Kier alpha value is -0.570. The first-order chi connectivity index (χ1) is 5.86. The second-order valence-electron chi connectivity index (χ2n) is 4.25. The first-order valence-corrected chi connectivity index (χ1v) is 4.76. The van der Waals surface area contributed by atoms with Crippen molar-refractivity contribution in [3.05, 3.63) is 0 Å². The highest BCUT2D eigenvalue weighted by molar-refractivity contribution is 5.64. The van der Waals surface area contributed by atoms with Gasteiger partial charge in [-0.3, -0.25) is 4.90 Å². The van der Waals surface area contributed by atoms with E-state index in [-0.39, 0.29) is 0 Å². The van der Waals surface area contributed by atoms with Gasteiger partial charge < -0.3 is 4.84 Å². The number of likely N-dealkylation sites (N-methyl/N-ethyl adjacent to an activating group) is 1. The summed E-state index contributed by atoms with van der Waals surface area (Å²) in [5, 5.41) is 3.95. The molecule has 0 aromatic heterocycles. The van der Waals surface area contributed by atoms with Gasteiger partial charge in [0.25, 0.3) is 0 Å². The molecular weight excluding hydrogens is 152 g/mol. The van der Waals surface area contributed by atoms with Crippen LogP contribution in [0.15, 0.2) is 5.16 Å². The number of hydrogen-bond acceptors (Lipinski definition) is 3. The Balaban J connectivity index is 1.93. The van der Waals surface area contributed by atoms with E-state index in [2.05, 4.69) is 17.1 Å². The van der Waals surface area contributed by atoms with Crippen molar-refractivity contribution >= 4 is 6.21 Å². The van der Waals surface area contributed by atoms with Gasteiger partial charge in [0.05, 0.1) is 6.21 Å². The quantitative estimate of drug-likeness (QED) is 0.529. The van der Waals surface area contributed by atoms with Gasteiger partial charge in [-0.25, -0.2) is 0 Å². The summed E-state index contributed by atoms with van der Waals surface area (Å²) in [5.41, 5.74) is 0. The Morgan fingerprint density at radius 1 is 1.50 bits per heavy atom. The van der Waals surface area contributed by atoms with E-state index < -0.39 is 0 Å². The zero-order valence-corrected chi connectivity index (χ0v) is 7.31. The fraction of sp³-hybridized carbons (Fsp3) is 0.889. The topological polar surface area (TPSA) is 24.8 Å². The standard InChI is InChI=1S/C9H14N2O/c1-11-5-6-2-3-8(11)9-7(6)4-10-12-9/h4,6-9H,2-3,5H2,1H3/t6-,7+,8-,9+/m0/s1. The van der Waals surface area contributed by atoms with Crippen LogP contribution in [0.5, 0.6) is 0 Å². The average Bonchev–Trinajstić information content (AvgIpc) is 2.53. The van der Waals surface area contributed by atoms with Gasteiger partial charge >= 0.3 is 0 Å². The summed E-state index contributed by atoms with van der Waals surface area (Å²) in [6.07, 6.45) is 5.06. The second-order valence-corrected chi connectivity index (χ2v) is 4.25. The molecule has 0 unspecified atom stereocenters. The van der Waals surface area contributed by atoms with Crippen LogP contribution in [-0.4, -0.2) is 36.9 Å². The molecule has 4 atom stereocenters. The van der Waals surface area contributed by atoms with Crippen LogP contribution in [0.2, 0.25) is 0 Å². The summed E-state index contributed by atoms with van der Waals surface area (Å²) in [6.45, 7) is 1.24. The maximum Gasteiger partial charge on any atom is 0.151 e. The van der Waals surface area contributed by atoms with Crippen molar-refractivity contribution < 1.29 is 4.84 Å². The van der Waals surface area contributed by atoms with E-state index in [1.807, 2.05) is 6.21 Å². The lowest BCUT2D eigenvalue weighted by molar-refractivity contribution is -0.0837. The molecule has 12 heavy (non-hydrogen) atoms. The van der Waals surface area contributed by atoms with E-state index in [9.17, 15) is 0 Å². The second kappa shape index (κ2) is 2.22. The molecule has 3 heteroatoms. The van der Waals surface area contributed by atoms with Crippen molar-refractivity contribution in [1.82, 2.24) is 4.90 Å². The highest BCUT2D eigenvalue weighted by atomic mass is 16.6. The monoisotopic (exact) mass is 166 g/mol. The molecule has 4 rings (SSSR count). The molecule has 66 valence electrons. The molecule has 3 fully saturated rings. The Morgan fingerprint density at radius 3 is 3.25 bits per heavy atom. The van der Waals surface area contributed by atoms with Crippen LogP contribution in [-0.2, 0) is 4.84 Å². The number of rotatable bonds is 0. The molecule has 0 spiro atoms.